The summed E-state index contributed by atoms with van der Waals surface area (Å²) in [5.74, 6) is -0.0679. The number of carbonyl (C=O) groups excluding carboxylic acids is 2. The van der Waals surface area contributed by atoms with Crippen molar-refractivity contribution in [2.45, 2.75) is 392 Å². The van der Waals surface area contributed by atoms with E-state index in [4.69, 9.17) is 4.74 Å². The van der Waals surface area contributed by atoms with Crippen LogP contribution in [0, 0.1) is 0 Å². The number of unbranched alkanes of at least 4 members (excludes halogenated alkanes) is 49. The highest BCUT2D eigenvalue weighted by atomic mass is 16.5. The zero-order valence-electron chi connectivity index (χ0n) is 50.8. The summed E-state index contributed by atoms with van der Waals surface area (Å²) in [5.41, 5.74) is 0. The van der Waals surface area contributed by atoms with E-state index in [1.165, 1.54) is 295 Å². The van der Waals surface area contributed by atoms with Crippen molar-refractivity contribution in [2.75, 3.05) is 13.2 Å². The molecular weight excluding hydrogens is 923 g/mol. The fourth-order valence-corrected chi connectivity index (χ4v) is 10.8. The van der Waals surface area contributed by atoms with Gasteiger partial charge in [-0.1, -0.05) is 346 Å². The van der Waals surface area contributed by atoms with E-state index in [-0.39, 0.29) is 18.5 Å². The number of allylic oxidation sites excluding steroid dienone is 3. The summed E-state index contributed by atoms with van der Waals surface area (Å²) in [4.78, 5) is 24.6. The molecule has 0 aliphatic heterocycles. The van der Waals surface area contributed by atoms with Gasteiger partial charge in [-0.15, -0.1) is 0 Å². The first kappa shape index (κ1) is 73.3. The third kappa shape index (κ3) is 61.4. The number of ether oxygens (including phenoxy) is 1. The fraction of sp³-hybridized carbons (Fsp3) is 0.913. The molecule has 6 heteroatoms. The lowest BCUT2D eigenvalue weighted by atomic mass is 10.0. The summed E-state index contributed by atoms with van der Waals surface area (Å²) in [6.45, 7) is 4.88. The first-order valence-electron chi connectivity index (χ1n) is 34.1. The molecule has 0 saturated heterocycles. The van der Waals surface area contributed by atoms with Crippen LogP contribution in [-0.4, -0.2) is 47.4 Å². The lowest BCUT2D eigenvalue weighted by Crippen LogP contribution is -2.45. The van der Waals surface area contributed by atoms with E-state index in [1.807, 2.05) is 0 Å². The van der Waals surface area contributed by atoms with Gasteiger partial charge in [-0.3, -0.25) is 9.59 Å². The van der Waals surface area contributed by atoms with E-state index < -0.39 is 12.1 Å². The van der Waals surface area contributed by atoms with Crippen molar-refractivity contribution in [3.63, 3.8) is 0 Å². The van der Waals surface area contributed by atoms with Crippen LogP contribution >= 0.6 is 0 Å². The molecule has 6 nitrogen and oxygen atoms in total. The minimum atomic E-state index is -0.669. The Hall–Kier alpha value is -1.66. The first-order valence-corrected chi connectivity index (χ1v) is 34.1. The van der Waals surface area contributed by atoms with Gasteiger partial charge in [0.2, 0.25) is 5.91 Å². The molecule has 2 unspecified atom stereocenters. The maximum Gasteiger partial charge on any atom is 0.305 e. The van der Waals surface area contributed by atoms with Gasteiger partial charge in [0.25, 0.3) is 0 Å². The van der Waals surface area contributed by atoms with Gasteiger partial charge in [0.1, 0.15) is 0 Å². The molecule has 0 saturated carbocycles. The molecule has 0 heterocycles. The number of hydrogen-bond donors (Lipinski definition) is 3. The van der Waals surface area contributed by atoms with Gasteiger partial charge < -0.3 is 20.3 Å². The molecule has 1 amide bonds. The zero-order valence-corrected chi connectivity index (χ0v) is 50.8. The largest absolute Gasteiger partial charge is 0.465 e. The third-order valence-corrected chi connectivity index (χ3v) is 16.0. The summed E-state index contributed by atoms with van der Waals surface area (Å²) in [5, 5.41) is 23.4. The van der Waals surface area contributed by atoms with E-state index in [0.29, 0.717) is 25.9 Å². The van der Waals surface area contributed by atoms with Crippen molar-refractivity contribution < 1.29 is 24.5 Å². The molecule has 0 spiro atoms. The van der Waals surface area contributed by atoms with E-state index in [9.17, 15) is 19.8 Å². The Morgan fingerprint density at radius 1 is 0.373 bits per heavy atom. The summed E-state index contributed by atoms with van der Waals surface area (Å²) >= 11 is 0. The van der Waals surface area contributed by atoms with Crippen LogP contribution in [0.2, 0.25) is 0 Å². The minimum absolute atomic E-state index is 0.0327. The average molecular weight is 1060 g/mol. The van der Waals surface area contributed by atoms with Gasteiger partial charge in [0, 0.05) is 12.8 Å². The lowest BCUT2D eigenvalue weighted by Gasteiger charge is -2.22. The Balaban J connectivity index is 3.44. The number of esters is 1. The van der Waals surface area contributed by atoms with Crippen molar-refractivity contribution in [1.82, 2.24) is 5.32 Å². The Morgan fingerprint density at radius 3 is 1.01 bits per heavy atom. The number of nitrogens with one attached hydrogen (secondary N) is 1. The van der Waals surface area contributed by atoms with Gasteiger partial charge in [0.15, 0.2) is 0 Å². The quantitative estimate of drug-likeness (QED) is 0.0320. The molecule has 75 heavy (non-hydrogen) atoms. The normalized spacial score (nSPS) is 12.6. The second-order valence-corrected chi connectivity index (χ2v) is 23.5. The highest BCUT2D eigenvalue weighted by Crippen LogP contribution is 2.19. The monoisotopic (exact) mass is 1060 g/mol. The highest BCUT2D eigenvalue weighted by Gasteiger charge is 2.20. The van der Waals surface area contributed by atoms with Crippen LogP contribution in [0.4, 0.5) is 0 Å². The Labute approximate surface area is 469 Å². The maximum atomic E-state index is 12.5. The topological polar surface area (TPSA) is 95.9 Å². The Morgan fingerprint density at radius 2 is 0.667 bits per heavy atom. The van der Waals surface area contributed by atoms with Crippen LogP contribution in [-0.2, 0) is 14.3 Å². The molecule has 0 fully saturated rings. The molecule has 0 aliphatic rings. The molecule has 0 aromatic rings. The third-order valence-electron chi connectivity index (χ3n) is 16.0. The van der Waals surface area contributed by atoms with Crippen molar-refractivity contribution >= 4 is 11.9 Å². The number of rotatable bonds is 64. The predicted octanol–water partition coefficient (Wildman–Crippen LogP) is 21.8. The molecule has 0 aromatic carbocycles. The average Bonchev–Trinajstić information content (AvgIpc) is 3.41. The Bertz CT molecular complexity index is 1170. The molecule has 0 aromatic heterocycles. The number of aliphatic hydroxyl groups is 2. The molecule has 2 atom stereocenters. The molecule has 3 N–H and O–H groups in total. The lowest BCUT2D eigenvalue weighted by molar-refractivity contribution is -0.143. The predicted molar refractivity (Wildman–Crippen MR) is 329 cm³/mol. The van der Waals surface area contributed by atoms with E-state index in [1.54, 1.807) is 0 Å². The van der Waals surface area contributed by atoms with Crippen LogP contribution < -0.4 is 5.32 Å². The maximum absolute atomic E-state index is 12.5. The smallest absolute Gasteiger partial charge is 0.305 e. The molecular formula is C69H133NO5. The second kappa shape index (κ2) is 64.9. The van der Waals surface area contributed by atoms with Crippen LogP contribution in [0.3, 0.4) is 0 Å². The van der Waals surface area contributed by atoms with Crippen molar-refractivity contribution in [3.8, 4) is 0 Å². The molecule has 0 rings (SSSR count). The highest BCUT2D eigenvalue weighted by molar-refractivity contribution is 5.76. The Kier molecular flexibility index (Phi) is 63.4. The van der Waals surface area contributed by atoms with Crippen LogP contribution in [0.1, 0.15) is 380 Å². The number of carbonyl (C=O) groups is 2. The molecule has 0 bridgehead atoms. The minimum Gasteiger partial charge on any atom is -0.465 e. The zero-order chi connectivity index (χ0) is 54.3. The van der Waals surface area contributed by atoms with Crippen molar-refractivity contribution in [2.24, 2.45) is 0 Å². The van der Waals surface area contributed by atoms with Crippen LogP contribution in [0.15, 0.2) is 24.3 Å². The molecule has 0 aliphatic carbocycles. The van der Waals surface area contributed by atoms with E-state index in [2.05, 4.69) is 43.5 Å². The van der Waals surface area contributed by atoms with E-state index >= 15 is 0 Å². The summed E-state index contributed by atoms with van der Waals surface area (Å²) in [6, 6.07) is -0.546. The van der Waals surface area contributed by atoms with Crippen molar-refractivity contribution in [3.05, 3.63) is 24.3 Å². The second-order valence-electron chi connectivity index (χ2n) is 23.5. The van der Waals surface area contributed by atoms with Gasteiger partial charge in [-0.05, 0) is 44.9 Å². The standard InChI is InChI=1S/C69H133NO5/c1-3-5-7-9-11-13-15-17-18-19-20-21-22-23-25-28-31-34-38-41-45-49-53-57-61-67(72)66(65-71)70-68(73)62-58-54-50-46-42-39-35-32-29-26-24-27-30-33-36-40-44-48-52-56-60-64-75-69(74)63-59-55-51-47-43-37-16-14-12-10-8-6-4-2/h40,44,52,56,66-67,71-72H,3-39,41-43,45-51,53-55,57-65H2,1-2H3,(H,70,73)/b44-40-,56-52-. The van der Waals surface area contributed by atoms with Crippen molar-refractivity contribution in [1.29, 1.82) is 0 Å². The fourth-order valence-electron chi connectivity index (χ4n) is 10.8. The molecule has 444 valence electrons. The summed E-state index contributed by atoms with van der Waals surface area (Å²) < 4.78 is 5.42. The number of hydrogen-bond acceptors (Lipinski definition) is 5. The SMILES string of the molecule is CCCCCCCCCCCCCCCCCCCCCCCCCCC(O)C(CO)NC(=O)CCCCCCCCCCCCCCCC/C=C\C/C=C\CCOC(=O)CCCCCCCCCCCCCCC. The van der Waals surface area contributed by atoms with Crippen LogP contribution in [0.5, 0.6) is 0 Å². The van der Waals surface area contributed by atoms with E-state index in [0.717, 1.165) is 51.4 Å². The van der Waals surface area contributed by atoms with Crippen LogP contribution in [0.25, 0.3) is 0 Å². The van der Waals surface area contributed by atoms with Gasteiger partial charge >= 0.3 is 5.97 Å². The number of aliphatic hydroxyl groups excluding tert-OH is 2. The number of amides is 1. The van der Waals surface area contributed by atoms with Gasteiger partial charge in [-0.25, -0.2) is 0 Å². The summed E-state index contributed by atoms with van der Waals surface area (Å²) in [7, 11) is 0. The van der Waals surface area contributed by atoms with Gasteiger partial charge in [-0.2, -0.15) is 0 Å². The summed E-state index contributed by atoms with van der Waals surface area (Å²) in [6.07, 6.45) is 80.8. The first-order chi connectivity index (χ1) is 37.0. The molecule has 0 radical (unpaired) electrons. The van der Waals surface area contributed by atoms with Gasteiger partial charge in [0.05, 0.1) is 25.4 Å².